The number of pyridine rings is 1. The first kappa shape index (κ1) is 14.5. The van der Waals surface area contributed by atoms with E-state index in [0.717, 1.165) is 28.0 Å². The molecule has 1 unspecified atom stereocenters. The number of nitrogens with one attached hydrogen (secondary N) is 1. The summed E-state index contributed by atoms with van der Waals surface area (Å²) in [5.41, 5.74) is 2.32. The molecular weight excluding hydrogens is 274 g/mol. The number of hydrogen-bond acceptors (Lipinski definition) is 5. The monoisotopic (exact) mass is 293 g/mol. The molecule has 5 heteroatoms. The summed E-state index contributed by atoms with van der Waals surface area (Å²) in [4.78, 5) is 8.99. The summed E-state index contributed by atoms with van der Waals surface area (Å²) in [5, 5.41) is 6.63. The summed E-state index contributed by atoms with van der Waals surface area (Å²) in [7, 11) is 0. The van der Waals surface area contributed by atoms with E-state index in [4.69, 9.17) is 0 Å². The number of nitrogens with zero attached hydrogens (tertiary/aromatic N) is 2. The van der Waals surface area contributed by atoms with Crippen LogP contribution in [0.15, 0.2) is 33.1 Å². The molecule has 0 fully saturated rings. The van der Waals surface area contributed by atoms with Crippen molar-refractivity contribution < 1.29 is 0 Å². The molecule has 1 N–H and O–H groups in total. The van der Waals surface area contributed by atoms with Crippen LogP contribution in [0.4, 0.5) is 0 Å². The molecular formula is C14H19N3S2. The zero-order chi connectivity index (χ0) is 13.7. The van der Waals surface area contributed by atoms with Crippen molar-refractivity contribution in [3.05, 3.63) is 35.0 Å². The van der Waals surface area contributed by atoms with E-state index in [1.165, 1.54) is 5.56 Å². The van der Waals surface area contributed by atoms with E-state index in [1.54, 1.807) is 23.1 Å². The fraction of sp³-hybridized carbons (Fsp3) is 0.429. The van der Waals surface area contributed by atoms with Crippen molar-refractivity contribution in [1.82, 2.24) is 15.3 Å². The lowest BCUT2D eigenvalue weighted by atomic mass is 10.1. The van der Waals surface area contributed by atoms with Gasteiger partial charge in [-0.25, -0.2) is 9.97 Å². The highest BCUT2D eigenvalue weighted by molar-refractivity contribution is 8.01. The third-order valence-corrected chi connectivity index (χ3v) is 4.84. The number of aryl methyl sites for hydroxylation is 1. The summed E-state index contributed by atoms with van der Waals surface area (Å²) in [6.45, 7) is 7.41. The zero-order valence-electron chi connectivity index (χ0n) is 11.5. The van der Waals surface area contributed by atoms with E-state index in [2.05, 4.69) is 40.6 Å². The topological polar surface area (TPSA) is 37.8 Å². The van der Waals surface area contributed by atoms with Gasteiger partial charge in [0.05, 0.1) is 0 Å². The maximum atomic E-state index is 4.50. The molecule has 2 rings (SSSR count). The van der Waals surface area contributed by atoms with Crippen LogP contribution < -0.4 is 5.32 Å². The number of aromatic nitrogens is 2. The van der Waals surface area contributed by atoms with E-state index in [-0.39, 0.29) is 0 Å². The highest BCUT2D eigenvalue weighted by Crippen LogP contribution is 2.33. The average Bonchev–Trinajstić information content (AvgIpc) is 2.82. The Morgan fingerprint density at radius 1 is 1.47 bits per heavy atom. The smallest absolute Gasteiger partial charge is 0.156 e. The van der Waals surface area contributed by atoms with Crippen molar-refractivity contribution >= 4 is 23.1 Å². The Kier molecular flexibility index (Phi) is 5.36. The normalized spacial score (nSPS) is 12.6. The van der Waals surface area contributed by atoms with Gasteiger partial charge >= 0.3 is 0 Å². The van der Waals surface area contributed by atoms with Crippen molar-refractivity contribution in [3.63, 3.8) is 0 Å². The van der Waals surface area contributed by atoms with Gasteiger partial charge in [0.2, 0.25) is 0 Å². The number of hydrogen-bond donors (Lipinski definition) is 1. The maximum absolute atomic E-state index is 4.50. The molecule has 2 aromatic heterocycles. The van der Waals surface area contributed by atoms with Crippen LogP contribution in [0.1, 0.15) is 37.6 Å². The molecule has 0 aliphatic heterocycles. The molecule has 102 valence electrons. The number of rotatable bonds is 6. The van der Waals surface area contributed by atoms with Gasteiger partial charge in [-0.2, -0.15) is 0 Å². The van der Waals surface area contributed by atoms with Crippen LogP contribution in [-0.4, -0.2) is 16.5 Å². The molecule has 2 heterocycles. The average molecular weight is 293 g/mol. The Morgan fingerprint density at radius 3 is 3.00 bits per heavy atom. The van der Waals surface area contributed by atoms with E-state index in [1.807, 2.05) is 19.2 Å². The minimum atomic E-state index is 0.317. The predicted molar refractivity (Wildman–Crippen MR) is 81.9 cm³/mol. The molecule has 0 aromatic carbocycles. The van der Waals surface area contributed by atoms with Crippen molar-refractivity contribution in [3.8, 4) is 0 Å². The molecule has 1 atom stereocenters. The predicted octanol–water partition coefficient (Wildman–Crippen LogP) is 4.06. The first-order valence-electron chi connectivity index (χ1n) is 6.49. The Balaban J connectivity index is 2.16. The summed E-state index contributed by atoms with van der Waals surface area (Å²) in [6.07, 6.45) is 2.98. The molecule has 0 aliphatic rings. The first-order valence-corrected chi connectivity index (χ1v) is 8.18. The van der Waals surface area contributed by atoms with E-state index >= 15 is 0 Å². The second-order valence-electron chi connectivity index (χ2n) is 4.43. The molecule has 0 amide bonds. The van der Waals surface area contributed by atoms with E-state index in [0.29, 0.717) is 6.04 Å². The Hall–Kier alpha value is -0.910. The second kappa shape index (κ2) is 7.03. The largest absolute Gasteiger partial charge is 0.310 e. The fourth-order valence-corrected chi connectivity index (χ4v) is 3.68. The zero-order valence-corrected chi connectivity index (χ0v) is 13.1. The Morgan fingerprint density at radius 2 is 2.32 bits per heavy atom. The third kappa shape index (κ3) is 4.03. The molecule has 19 heavy (non-hydrogen) atoms. The molecule has 0 saturated carbocycles. The van der Waals surface area contributed by atoms with E-state index in [9.17, 15) is 0 Å². The van der Waals surface area contributed by atoms with Gasteiger partial charge in [-0.05, 0) is 44.6 Å². The highest BCUT2D eigenvalue weighted by atomic mass is 32.2. The van der Waals surface area contributed by atoms with Crippen LogP contribution >= 0.6 is 23.1 Å². The van der Waals surface area contributed by atoms with Gasteiger partial charge in [0.15, 0.2) is 4.34 Å². The summed E-state index contributed by atoms with van der Waals surface area (Å²) in [6, 6.07) is 4.46. The molecule has 3 nitrogen and oxygen atoms in total. The van der Waals surface area contributed by atoms with Crippen LogP contribution in [0.2, 0.25) is 0 Å². The van der Waals surface area contributed by atoms with Gasteiger partial charge in [0.1, 0.15) is 5.03 Å². The molecule has 0 aliphatic carbocycles. The first-order chi connectivity index (χ1) is 9.20. The SMILES string of the molecule is CCCNC(C)c1cccnc1Sc1nc(C)cs1. The lowest BCUT2D eigenvalue weighted by molar-refractivity contribution is 0.560. The minimum absolute atomic E-state index is 0.317. The van der Waals surface area contributed by atoms with Crippen molar-refractivity contribution in [2.24, 2.45) is 0 Å². The highest BCUT2D eigenvalue weighted by Gasteiger charge is 2.13. The van der Waals surface area contributed by atoms with Crippen LogP contribution in [-0.2, 0) is 0 Å². The summed E-state index contributed by atoms with van der Waals surface area (Å²) in [5.74, 6) is 0. The van der Waals surface area contributed by atoms with E-state index < -0.39 is 0 Å². The molecule has 2 aromatic rings. The Bertz CT molecular complexity index is 525. The standard InChI is InChI=1S/C14H19N3S2/c1-4-7-15-11(3)12-6-5-8-16-13(12)19-14-17-10(2)9-18-14/h5-6,8-9,11,15H,4,7H2,1-3H3. The van der Waals surface area contributed by atoms with Crippen LogP contribution in [0.5, 0.6) is 0 Å². The van der Waals surface area contributed by atoms with Crippen LogP contribution in [0.25, 0.3) is 0 Å². The van der Waals surface area contributed by atoms with Crippen LogP contribution in [0.3, 0.4) is 0 Å². The van der Waals surface area contributed by atoms with Crippen molar-refractivity contribution in [1.29, 1.82) is 0 Å². The van der Waals surface area contributed by atoms with Crippen molar-refractivity contribution in [2.45, 2.75) is 42.6 Å². The maximum Gasteiger partial charge on any atom is 0.156 e. The second-order valence-corrected chi connectivity index (χ2v) is 6.52. The Labute approximate surface area is 122 Å². The summed E-state index contributed by atoms with van der Waals surface area (Å²) >= 11 is 3.33. The third-order valence-electron chi connectivity index (χ3n) is 2.75. The summed E-state index contributed by atoms with van der Waals surface area (Å²) < 4.78 is 1.06. The lowest BCUT2D eigenvalue weighted by Crippen LogP contribution is -2.20. The van der Waals surface area contributed by atoms with Gasteiger partial charge in [0.25, 0.3) is 0 Å². The molecule has 0 radical (unpaired) electrons. The molecule has 0 bridgehead atoms. The van der Waals surface area contributed by atoms with Gasteiger partial charge in [-0.3, -0.25) is 0 Å². The number of thiazole rings is 1. The van der Waals surface area contributed by atoms with Crippen molar-refractivity contribution in [2.75, 3.05) is 6.54 Å². The molecule has 0 spiro atoms. The fourth-order valence-electron chi connectivity index (χ4n) is 1.75. The lowest BCUT2D eigenvalue weighted by Gasteiger charge is -2.15. The molecule has 0 saturated heterocycles. The van der Waals surface area contributed by atoms with Gasteiger partial charge < -0.3 is 5.32 Å². The minimum Gasteiger partial charge on any atom is -0.310 e. The van der Waals surface area contributed by atoms with Gasteiger partial charge in [-0.1, -0.05) is 13.0 Å². The quantitative estimate of drug-likeness (QED) is 0.871. The van der Waals surface area contributed by atoms with Gasteiger partial charge in [0, 0.05) is 28.9 Å². The van der Waals surface area contributed by atoms with Crippen LogP contribution in [0, 0.1) is 6.92 Å². The van der Waals surface area contributed by atoms with Gasteiger partial charge in [-0.15, -0.1) is 11.3 Å².